The number of aliphatic carboxylic acids is 1. The Labute approximate surface area is 159 Å². The number of rotatable bonds is 11. The van der Waals surface area contributed by atoms with Crippen molar-refractivity contribution in [2.24, 2.45) is 5.92 Å². The van der Waals surface area contributed by atoms with Crippen LogP contribution in [-0.2, 0) is 20.9 Å². The second kappa shape index (κ2) is 11.3. The summed E-state index contributed by atoms with van der Waals surface area (Å²) < 4.78 is 24.0. The fourth-order valence-electron chi connectivity index (χ4n) is 2.75. The van der Waals surface area contributed by atoms with Crippen LogP contribution in [0, 0.1) is 11.7 Å². The Morgan fingerprint density at radius 1 is 1.11 bits per heavy atom. The third-order valence-corrected chi connectivity index (χ3v) is 4.29. The Hall–Kier alpha value is -2.50. The van der Waals surface area contributed by atoms with Gasteiger partial charge in [0.1, 0.15) is 5.82 Å². The zero-order chi connectivity index (χ0) is 19.5. The number of carbonyl (C=O) groups is 1. The monoisotopic (exact) mass is 372 g/mol. The lowest BCUT2D eigenvalue weighted by Gasteiger charge is -2.19. The molecule has 2 atom stereocenters. The van der Waals surface area contributed by atoms with Crippen molar-refractivity contribution in [3.05, 3.63) is 83.7 Å². The van der Waals surface area contributed by atoms with E-state index < -0.39 is 18.0 Å². The number of halogens is 1. The number of carboxylic acids is 1. The fourth-order valence-corrected chi connectivity index (χ4v) is 2.75. The molecule has 0 spiro atoms. The summed E-state index contributed by atoms with van der Waals surface area (Å²) in [5.41, 5.74) is 1.86. The van der Waals surface area contributed by atoms with E-state index in [1.165, 1.54) is 19.2 Å². The van der Waals surface area contributed by atoms with Crippen molar-refractivity contribution in [1.82, 2.24) is 0 Å². The van der Waals surface area contributed by atoms with Gasteiger partial charge in [0.25, 0.3) is 0 Å². The molecule has 0 amide bonds. The van der Waals surface area contributed by atoms with Crippen molar-refractivity contribution >= 4 is 5.97 Å². The minimum Gasteiger partial charge on any atom is -0.481 e. The second-order valence-corrected chi connectivity index (χ2v) is 6.25. The number of allylic oxidation sites excluding steroid dienone is 1. The van der Waals surface area contributed by atoms with Crippen molar-refractivity contribution in [1.29, 1.82) is 0 Å². The van der Waals surface area contributed by atoms with Gasteiger partial charge in [-0.1, -0.05) is 54.6 Å². The van der Waals surface area contributed by atoms with Gasteiger partial charge in [0.05, 0.1) is 25.2 Å². The molecule has 2 aromatic rings. The van der Waals surface area contributed by atoms with Gasteiger partial charge in [-0.15, -0.1) is 0 Å². The van der Waals surface area contributed by atoms with Gasteiger partial charge in [-0.2, -0.15) is 0 Å². The summed E-state index contributed by atoms with van der Waals surface area (Å²) in [7, 11) is 1.53. The molecule has 0 radical (unpaired) electrons. The van der Waals surface area contributed by atoms with Gasteiger partial charge in [0, 0.05) is 7.11 Å². The quantitative estimate of drug-likeness (QED) is 0.456. The number of methoxy groups -OCH3 is 1. The molecule has 2 rings (SSSR count). The van der Waals surface area contributed by atoms with E-state index in [-0.39, 0.29) is 5.82 Å². The lowest BCUT2D eigenvalue weighted by atomic mass is 9.94. The van der Waals surface area contributed by atoms with Crippen molar-refractivity contribution in [3.63, 3.8) is 0 Å². The zero-order valence-electron chi connectivity index (χ0n) is 15.4. The van der Waals surface area contributed by atoms with Crippen LogP contribution < -0.4 is 0 Å². The maximum absolute atomic E-state index is 13.1. The first-order valence-electron chi connectivity index (χ1n) is 8.88. The minimum absolute atomic E-state index is 0.312. The van der Waals surface area contributed by atoms with Crippen LogP contribution in [0.15, 0.2) is 66.7 Å². The summed E-state index contributed by atoms with van der Waals surface area (Å²) in [5.74, 6) is -1.80. The Balaban J connectivity index is 1.81. The molecule has 1 N–H and O–H groups in total. The number of carboxylic acid groups (broad SMARTS) is 1. The fraction of sp³-hybridized carbons (Fsp3) is 0.318. The summed E-state index contributed by atoms with van der Waals surface area (Å²) in [5, 5.41) is 9.48. The predicted molar refractivity (Wildman–Crippen MR) is 102 cm³/mol. The smallest absolute Gasteiger partial charge is 0.306 e. The van der Waals surface area contributed by atoms with Crippen LogP contribution >= 0.6 is 0 Å². The highest BCUT2D eigenvalue weighted by atomic mass is 19.1. The Morgan fingerprint density at radius 2 is 1.81 bits per heavy atom. The molecule has 144 valence electrons. The molecule has 27 heavy (non-hydrogen) atoms. The van der Waals surface area contributed by atoms with Crippen LogP contribution in [0.4, 0.5) is 4.39 Å². The molecule has 4 nitrogen and oxygen atoms in total. The molecule has 0 aliphatic carbocycles. The normalized spacial score (nSPS) is 13.6. The van der Waals surface area contributed by atoms with Gasteiger partial charge in [-0.05, 0) is 36.1 Å². The predicted octanol–water partition coefficient (Wildman–Crippen LogP) is 4.77. The van der Waals surface area contributed by atoms with E-state index in [1.54, 1.807) is 12.1 Å². The highest BCUT2D eigenvalue weighted by Crippen LogP contribution is 2.27. The van der Waals surface area contributed by atoms with Crippen molar-refractivity contribution in [2.45, 2.75) is 25.6 Å². The van der Waals surface area contributed by atoms with Gasteiger partial charge < -0.3 is 14.6 Å². The molecule has 0 heterocycles. The topological polar surface area (TPSA) is 55.8 Å². The van der Waals surface area contributed by atoms with Gasteiger partial charge in [-0.25, -0.2) is 4.39 Å². The molecular weight excluding hydrogens is 347 g/mol. The Morgan fingerprint density at radius 3 is 2.44 bits per heavy atom. The summed E-state index contributed by atoms with van der Waals surface area (Å²) in [6.07, 6.45) is 3.95. The van der Waals surface area contributed by atoms with Gasteiger partial charge in [-0.3, -0.25) is 4.79 Å². The first-order chi connectivity index (χ1) is 13.1. The highest BCUT2D eigenvalue weighted by Gasteiger charge is 2.22. The molecule has 0 saturated carbocycles. The standard InChI is InChI=1S/C22H25FO4/c1-26-21(18-10-12-20(23)13-11-18)15-19(22(24)25)9-5-6-14-27-16-17-7-3-2-4-8-17/h2-8,10-13,19,21H,9,14-16H2,1H3,(H,24,25). The molecule has 0 saturated heterocycles. The summed E-state index contributed by atoms with van der Waals surface area (Å²) in [4.78, 5) is 11.6. The van der Waals surface area contributed by atoms with Crippen molar-refractivity contribution in [3.8, 4) is 0 Å². The number of hydrogen-bond acceptors (Lipinski definition) is 3. The Bertz CT molecular complexity index is 713. The molecule has 2 unspecified atom stereocenters. The molecule has 0 aromatic heterocycles. The molecule has 0 bridgehead atoms. The van der Waals surface area contributed by atoms with E-state index >= 15 is 0 Å². The molecule has 0 fully saturated rings. The van der Waals surface area contributed by atoms with E-state index in [2.05, 4.69) is 0 Å². The van der Waals surface area contributed by atoms with Gasteiger partial charge in [0.15, 0.2) is 0 Å². The number of ether oxygens (including phenoxy) is 2. The molecule has 0 aliphatic heterocycles. The van der Waals surface area contributed by atoms with Crippen LogP contribution in [0.1, 0.15) is 30.1 Å². The van der Waals surface area contributed by atoms with Crippen LogP contribution in [0.2, 0.25) is 0 Å². The minimum atomic E-state index is -0.881. The second-order valence-electron chi connectivity index (χ2n) is 6.25. The van der Waals surface area contributed by atoms with Gasteiger partial charge in [0.2, 0.25) is 0 Å². The third kappa shape index (κ3) is 7.33. The van der Waals surface area contributed by atoms with E-state index in [0.29, 0.717) is 26.1 Å². The molecule has 5 heteroatoms. The average molecular weight is 372 g/mol. The van der Waals surface area contributed by atoms with E-state index in [4.69, 9.17) is 9.47 Å². The maximum atomic E-state index is 13.1. The lowest BCUT2D eigenvalue weighted by molar-refractivity contribution is -0.143. The molecule has 2 aromatic carbocycles. The summed E-state index contributed by atoms with van der Waals surface area (Å²) >= 11 is 0. The van der Waals surface area contributed by atoms with Crippen molar-refractivity contribution < 1.29 is 23.8 Å². The average Bonchev–Trinajstić information content (AvgIpc) is 2.68. The van der Waals surface area contributed by atoms with Crippen LogP contribution in [0.25, 0.3) is 0 Å². The number of benzene rings is 2. The number of hydrogen-bond donors (Lipinski definition) is 1. The molecule has 0 aliphatic rings. The maximum Gasteiger partial charge on any atom is 0.306 e. The zero-order valence-corrected chi connectivity index (χ0v) is 15.4. The first kappa shape index (κ1) is 20.8. The van der Waals surface area contributed by atoms with E-state index in [0.717, 1.165) is 11.1 Å². The largest absolute Gasteiger partial charge is 0.481 e. The van der Waals surface area contributed by atoms with E-state index in [1.807, 2.05) is 42.5 Å². The highest BCUT2D eigenvalue weighted by molar-refractivity contribution is 5.70. The Kier molecular flexibility index (Phi) is 8.68. The van der Waals surface area contributed by atoms with Crippen molar-refractivity contribution in [2.75, 3.05) is 13.7 Å². The van der Waals surface area contributed by atoms with Crippen LogP contribution in [0.3, 0.4) is 0 Å². The third-order valence-electron chi connectivity index (χ3n) is 4.29. The first-order valence-corrected chi connectivity index (χ1v) is 8.88. The molecular formula is C22H25FO4. The SMILES string of the molecule is COC(CC(CC=CCOCc1ccccc1)C(=O)O)c1ccc(F)cc1. The van der Waals surface area contributed by atoms with Gasteiger partial charge >= 0.3 is 5.97 Å². The van der Waals surface area contributed by atoms with Crippen LogP contribution in [-0.4, -0.2) is 24.8 Å². The van der Waals surface area contributed by atoms with Crippen LogP contribution in [0.5, 0.6) is 0 Å². The summed E-state index contributed by atoms with van der Waals surface area (Å²) in [6.45, 7) is 0.941. The van der Waals surface area contributed by atoms with E-state index in [9.17, 15) is 14.3 Å². The lowest BCUT2D eigenvalue weighted by Crippen LogP contribution is -2.17. The summed E-state index contributed by atoms with van der Waals surface area (Å²) in [6, 6.07) is 15.8.